The lowest BCUT2D eigenvalue weighted by Crippen LogP contribution is -2.17. The Labute approximate surface area is 174 Å². The Morgan fingerprint density at radius 3 is 2.41 bits per heavy atom. The number of benzene rings is 3. The number of rotatable bonds is 9. The second kappa shape index (κ2) is 10.2. The van der Waals surface area contributed by atoms with Crippen LogP contribution < -0.4 is 14.8 Å². The van der Waals surface area contributed by atoms with Gasteiger partial charge in [-0.25, -0.2) is 8.78 Å². The van der Waals surface area contributed by atoms with Crippen molar-refractivity contribution in [1.82, 2.24) is 5.32 Å². The number of methoxy groups -OCH3 is 1. The lowest BCUT2D eigenvalue weighted by atomic mass is 10.1. The summed E-state index contributed by atoms with van der Waals surface area (Å²) in [7, 11) is 1.55. The molecule has 0 radical (unpaired) electrons. The lowest BCUT2D eigenvalue weighted by molar-refractivity contribution is 0.279. The van der Waals surface area contributed by atoms with Gasteiger partial charge in [0.25, 0.3) is 0 Å². The van der Waals surface area contributed by atoms with Crippen LogP contribution in [0.3, 0.4) is 0 Å². The highest BCUT2D eigenvalue weighted by molar-refractivity contribution is 6.31. The van der Waals surface area contributed by atoms with Crippen molar-refractivity contribution in [1.29, 1.82) is 0 Å². The Bertz CT molecular complexity index is 948. The van der Waals surface area contributed by atoms with E-state index < -0.39 is 0 Å². The first-order chi connectivity index (χ1) is 14.1. The number of halogens is 3. The molecule has 3 nitrogen and oxygen atoms in total. The maximum Gasteiger partial charge on any atom is 0.163 e. The average Bonchev–Trinajstić information content (AvgIpc) is 2.73. The first-order valence-electron chi connectivity index (χ1n) is 9.24. The van der Waals surface area contributed by atoms with E-state index in [-0.39, 0.29) is 18.2 Å². The van der Waals surface area contributed by atoms with E-state index in [1.165, 1.54) is 18.2 Å². The van der Waals surface area contributed by atoms with Gasteiger partial charge in [0.05, 0.1) is 7.11 Å². The van der Waals surface area contributed by atoms with Crippen molar-refractivity contribution >= 4 is 11.6 Å². The van der Waals surface area contributed by atoms with Crippen LogP contribution in [-0.4, -0.2) is 13.7 Å². The van der Waals surface area contributed by atoms with E-state index in [1.807, 2.05) is 6.07 Å². The van der Waals surface area contributed by atoms with Crippen molar-refractivity contribution in [2.24, 2.45) is 0 Å². The van der Waals surface area contributed by atoms with E-state index in [0.29, 0.717) is 28.6 Å². The molecule has 0 saturated carbocycles. The van der Waals surface area contributed by atoms with E-state index in [4.69, 9.17) is 21.1 Å². The fourth-order valence-electron chi connectivity index (χ4n) is 2.86. The molecular formula is C23H22ClF2NO2. The normalized spacial score (nSPS) is 10.8. The van der Waals surface area contributed by atoms with Crippen LogP contribution in [0.25, 0.3) is 0 Å². The van der Waals surface area contributed by atoms with Crippen molar-refractivity contribution in [3.05, 3.63) is 94.0 Å². The molecule has 152 valence electrons. The molecule has 0 aliphatic carbocycles. The monoisotopic (exact) mass is 417 g/mol. The van der Waals surface area contributed by atoms with Gasteiger partial charge in [-0.15, -0.1) is 0 Å². The van der Waals surface area contributed by atoms with Crippen LogP contribution in [0.4, 0.5) is 8.78 Å². The average molecular weight is 418 g/mol. The molecule has 6 heteroatoms. The molecule has 29 heavy (non-hydrogen) atoms. The zero-order chi connectivity index (χ0) is 20.6. The molecule has 0 spiro atoms. The maximum absolute atomic E-state index is 13.8. The Morgan fingerprint density at radius 1 is 0.931 bits per heavy atom. The van der Waals surface area contributed by atoms with E-state index >= 15 is 0 Å². The fourth-order valence-corrected chi connectivity index (χ4v) is 3.08. The summed E-state index contributed by atoms with van der Waals surface area (Å²) in [5, 5.41) is 3.85. The molecule has 0 heterocycles. The van der Waals surface area contributed by atoms with Gasteiger partial charge in [0.15, 0.2) is 11.5 Å². The van der Waals surface area contributed by atoms with Gasteiger partial charge in [-0.2, -0.15) is 0 Å². The van der Waals surface area contributed by atoms with Crippen LogP contribution in [0.1, 0.15) is 16.7 Å². The standard InChI is InChI=1S/C23H22ClF2NO2/c1-28-22-12-18(14-27-11-10-16-6-8-19(25)9-7-16)20(24)13-23(22)29-15-17-4-2-3-5-21(17)26/h2-9,12-13,27H,10-11,14-15H2,1H3. The highest BCUT2D eigenvalue weighted by atomic mass is 35.5. The van der Waals surface area contributed by atoms with Crippen LogP contribution >= 0.6 is 11.6 Å². The van der Waals surface area contributed by atoms with Crippen molar-refractivity contribution in [2.45, 2.75) is 19.6 Å². The van der Waals surface area contributed by atoms with Gasteiger partial charge in [0, 0.05) is 23.2 Å². The Hall–Kier alpha value is -2.63. The van der Waals surface area contributed by atoms with Crippen molar-refractivity contribution in [2.75, 3.05) is 13.7 Å². The van der Waals surface area contributed by atoms with Gasteiger partial charge in [-0.1, -0.05) is 41.9 Å². The molecule has 0 unspecified atom stereocenters. The summed E-state index contributed by atoms with van der Waals surface area (Å²) in [6, 6.07) is 16.4. The predicted octanol–water partition coefficient (Wildman–Crippen LogP) is 5.54. The lowest BCUT2D eigenvalue weighted by Gasteiger charge is -2.14. The smallest absolute Gasteiger partial charge is 0.163 e. The van der Waals surface area contributed by atoms with Gasteiger partial charge >= 0.3 is 0 Å². The topological polar surface area (TPSA) is 30.5 Å². The third-order valence-electron chi connectivity index (χ3n) is 4.49. The Morgan fingerprint density at radius 2 is 1.69 bits per heavy atom. The molecule has 0 saturated heterocycles. The summed E-state index contributed by atoms with van der Waals surface area (Å²) in [4.78, 5) is 0. The van der Waals surface area contributed by atoms with Crippen molar-refractivity contribution in [3.8, 4) is 11.5 Å². The number of hydrogen-bond acceptors (Lipinski definition) is 3. The summed E-state index contributed by atoms with van der Waals surface area (Å²) in [5.74, 6) is 0.425. The van der Waals surface area contributed by atoms with Crippen LogP contribution in [0.15, 0.2) is 60.7 Å². The second-order valence-corrected chi connectivity index (χ2v) is 6.94. The summed E-state index contributed by atoms with van der Waals surface area (Å²) >= 11 is 6.39. The summed E-state index contributed by atoms with van der Waals surface area (Å²) in [6.07, 6.45) is 0.777. The van der Waals surface area contributed by atoms with Gasteiger partial charge in [-0.05, 0) is 48.4 Å². The number of nitrogens with one attached hydrogen (secondary N) is 1. The van der Waals surface area contributed by atoms with Gasteiger partial charge in [-0.3, -0.25) is 0 Å². The zero-order valence-electron chi connectivity index (χ0n) is 16.1. The first-order valence-corrected chi connectivity index (χ1v) is 9.62. The number of hydrogen-bond donors (Lipinski definition) is 1. The van der Waals surface area contributed by atoms with Crippen LogP contribution in [0, 0.1) is 11.6 Å². The molecular weight excluding hydrogens is 396 g/mol. The fraction of sp³-hybridized carbons (Fsp3) is 0.217. The van der Waals surface area contributed by atoms with Gasteiger partial charge in [0.2, 0.25) is 0 Å². The zero-order valence-corrected chi connectivity index (χ0v) is 16.8. The van der Waals surface area contributed by atoms with Crippen LogP contribution in [-0.2, 0) is 19.6 Å². The van der Waals surface area contributed by atoms with Crippen molar-refractivity contribution < 1.29 is 18.3 Å². The molecule has 0 amide bonds. The van der Waals surface area contributed by atoms with E-state index in [2.05, 4.69) is 5.32 Å². The molecule has 0 bridgehead atoms. The molecule has 0 aliphatic rings. The second-order valence-electron chi connectivity index (χ2n) is 6.53. The minimum absolute atomic E-state index is 0.0780. The third kappa shape index (κ3) is 5.92. The molecule has 3 rings (SSSR count). The molecule has 0 aliphatic heterocycles. The molecule has 0 atom stereocenters. The molecule has 3 aromatic rings. The van der Waals surface area contributed by atoms with Crippen molar-refractivity contribution in [3.63, 3.8) is 0 Å². The molecule has 1 N–H and O–H groups in total. The van der Waals surface area contributed by atoms with E-state index in [9.17, 15) is 8.78 Å². The highest BCUT2D eigenvalue weighted by Gasteiger charge is 2.12. The minimum Gasteiger partial charge on any atom is -0.493 e. The van der Waals surface area contributed by atoms with E-state index in [1.54, 1.807) is 43.5 Å². The summed E-state index contributed by atoms with van der Waals surface area (Å²) < 4.78 is 37.8. The summed E-state index contributed by atoms with van der Waals surface area (Å²) in [5.41, 5.74) is 2.37. The highest BCUT2D eigenvalue weighted by Crippen LogP contribution is 2.34. The predicted molar refractivity (Wildman–Crippen MR) is 111 cm³/mol. The van der Waals surface area contributed by atoms with Crippen LogP contribution in [0.5, 0.6) is 11.5 Å². The first kappa shape index (κ1) is 21.1. The number of ether oxygens (including phenoxy) is 2. The minimum atomic E-state index is -0.320. The van der Waals surface area contributed by atoms with Gasteiger partial charge in [0.1, 0.15) is 18.2 Å². The SMILES string of the molecule is COc1cc(CNCCc2ccc(F)cc2)c(Cl)cc1OCc1ccccc1F. The molecule has 3 aromatic carbocycles. The Balaban J connectivity index is 1.58. The Kier molecular flexibility index (Phi) is 7.44. The quantitative estimate of drug-likeness (QED) is 0.464. The van der Waals surface area contributed by atoms with Gasteiger partial charge < -0.3 is 14.8 Å². The summed E-state index contributed by atoms with van der Waals surface area (Å²) in [6.45, 7) is 1.34. The van der Waals surface area contributed by atoms with Crippen LogP contribution in [0.2, 0.25) is 5.02 Å². The molecule has 0 fully saturated rings. The van der Waals surface area contributed by atoms with E-state index in [0.717, 1.165) is 24.1 Å². The largest absolute Gasteiger partial charge is 0.493 e. The third-order valence-corrected chi connectivity index (χ3v) is 4.84. The molecule has 0 aromatic heterocycles. The maximum atomic E-state index is 13.8.